The number of hydrogen-bond donors (Lipinski definition) is 0. The first kappa shape index (κ1) is 20.2. The van der Waals surface area contributed by atoms with Crippen LogP contribution in [0.15, 0.2) is 53.5 Å². The molecule has 2 heterocycles. The number of halogens is 2. The second kappa shape index (κ2) is 7.97. The predicted molar refractivity (Wildman–Crippen MR) is 123 cm³/mol. The van der Waals surface area contributed by atoms with Crippen LogP contribution in [0.2, 0.25) is 5.02 Å². The fourth-order valence-corrected chi connectivity index (χ4v) is 8.10. The number of fused-ring (bicyclic) bond motifs is 1. The largest absolute Gasteiger partial charge is 0.316 e. The Morgan fingerprint density at radius 3 is 2.75 bits per heavy atom. The van der Waals surface area contributed by atoms with Gasteiger partial charge in [0.2, 0.25) is 0 Å². The monoisotopic (exact) mass is 546 g/mol. The Labute approximate surface area is 186 Å². The summed E-state index contributed by atoms with van der Waals surface area (Å²) in [6, 6.07) is 14.8. The molecule has 4 rings (SSSR count). The normalized spacial score (nSPS) is 24.5. The number of hydrogen-bond acceptors (Lipinski definition) is 4. The van der Waals surface area contributed by atoms with E-state index in [-0.39, 0.29) is 35.1 Å². The number of nitrogens with zero attached hydrogens (tertiary/aromatic N) is 2. The predicted octanol–water partition coefficient (Wildman–Crippen LogP) is 3.79. The van der Waals surface area contributed by atoms with Crippen LogP contribution in [0.25, 0.3) is 0 Å². The molecule has 2 aromatic rings. The molecule has 0 N–H and O–H groups in total. The number of rotatable bonds is 3. The van der Waals surface area contributed by atoms with Crippen LogP contribution in [0.3, 0.4) is 0 Å². The van der Waals surface area contributed by atoms with Gasteiger partial charge in [-0.25, -0.2) is 8.42 Å². The van der Waals surface area contributed by atoms with Gasteiger partial charge in [0.1, 0.15) is 0 Å². The van der Waals surface area contributed by atoms with Gasteiger partial charge in [-0.2, -0.15) is 4.99 Å². The molecular formula is C19H16ClIN2O3S2. The number of benzene rings is 2. The van der Waals surface area contributed by atoms with Crippen LogP contribution < -0.4 is 4.90 Å². The van der Waals surface area contributed by atoms with Gasteiger partial charge in [-0.05, 0) is 52.4 Å². The minimum atomic E-state index is -3.08. The summed E-state index contributed by atoms with van der Waals surface area (Å²) in [5.41, 5.74) is 1.58. The van der Waals surface area contributed by atoms with Crippen LogP contribution in [0.5, 0.6) is 0 Å². The van der Waals surface area contributed by atoms with Crippen molar-refractivity contribution in [1.29, 1.82) is 0 Å². The van der Waals surface area contributed by atoms with E-state index in [1.165, 1.54) is 11.8 Å². The summed E-state index contributed by atoms with van der Waals surface area (Å²) in [4.78, 5) is 18.9. The van der Waals surface area contributed by atoms with Crippen molar-refractivity contribution in [3.8, 4) is 0 Å². The molecule has 2 aromatic carbocycles. The van der Waals surface area contributed by atoms with Crippen LogP contribution in [0.4, 0.5) is 5.69 Å². The highest BCUT2D eigenvalue weighted by Gasteiger charge is 2.49. The highest BCUT2D eigenvalue weighted by Crippen LogP contribution is 2.41. The maximum atomic E-state index is 12.6. The van der Waals surface area contributed by atoms with E-state index in [1.54, 1.807) is 12.1 Å². The molecule has 0 spiro atoms. The zero-order valence-electron chi connectivity index (χ0n) is 14.6. The van der Waals surface area contributed by atoms with E-state index in [2.05, 4.69) is 27.6 Å². The number of amidine groups is 1. The fourth-order valence-electron chi connectivity index (χ4n) is 3.44. The number of anilines is 1. The van der Waals surface area contributed by atoms with E-state index in [1.807, 2.05) is 41.3 Å². The molecule has 5 nitrogen and oxygen atoms in total. The standard InChI is InChI=1S/C19H16ClIN2O3S2/c20-15-7-2-1-4-12(15)8-18(24)22-19-23(14-6-3-5-13(21)9-14)16-10-28(25,26)11-17(16)27-19/h1-7,9,16-17H,8,10-11H2/t16-,17+/m0/s1. The molecule has 0 bridgehead atoms. The number of thioether (sulfide) groups is 1. The number of sulfone groups is 1. The maximum absolute atomic E-state index is 12.6. The summed E-state index contributed by atoms with van der Waals surface area (Å²) >= 11 is 9.75. The van der Waals surface area contributed by atoms with Gasteiger partial charge in [-0.1, -0.05) is 47.6 Å². The SMILES string of the molecule is O=C(Cc1ccccc1Cl)N=C1S[C@@H]2CS(=O)(=O)C[C@@H]2N1c1cccc(I)c1. The van der Waals surface area contributed by atoms with Crippen molar-refractivity contribution < 1.29 is 13.2 Å². The van der Waals surface area contributed by atoms with Crippen molar-refractivity contribution in [2.24, 2.45) is 4.99 Å². The smallest absolute Gasteiger partial charge is 0.252 e. The lowest BCUT2D eigenvalue weighted by Gasteiger charge is -2.24. The first-order valence-corrected chi connectivity index (χ1v) is 12.7. The second-order valence-corrected chi connectivity index (χ2v) is 11.7. The molecule has 2 aliphatic heterocycles. The van der Waals surface area contributed by atoms with Crippen molar-refractivity contribution in [2.45, 2.75) is 17.7 Å². The van der Waals surface area contributed by atoms with Crippen molar-refractivity contribution >= 4 is 72.6 Å². The van der Waals surface area contributed by atoms with Crippen LogP contribution >= 0.6 is 46.0 Å². The lowest BCUT2D eigenvalue weighted by atomic mass is 10.1. The molecule has 0 saturated carbocycles. The van der Waals surface area contributed by atoms with Crippen LogP contribution in [0, 0.1) is 3.57 Å². The summed E-state index contributed by atoms with van der Waals surface area (Å²) in [6.07, 6.45) is 0.109. The van der Waals surface area contributed by atoms with Gasteiger partial charge in [-0.3, -0.25) is 4.79 Å². The van der Waals surface area contributed by atoms with Crippen LogP contribution in [-0.2, 0) is 21.1 Å². The molecule has 1 amide bonds. The first-order valence-electron chi connectivity index (χ1n) is 8.59. The number of aliphatic imine (C=N–C) groups is 1. The summed E-state index contributed by atoms with van der Waals surface area (Å²) in [5, 5.41) is 0.978. The summed E-state index contributed by atoms with van der Waals surface area (Å²) in [5.74, 6) is -0.108. The Kier molecular flexibility index (Phi) is 5.74. The molecule has 0 aliphatic carbocycles. The molecule has 0 unspecified atom stereocenters. The highest BCUT2D eigenvalue weighted by atomic mass is 127. The van der Waals surface area contributed by atoms with E-state index in [0.717, 1.165) is 14.8 Å². The average molecular weight is 547 g/mol. The molecule has 2 saturated heterocycles. The number of carbonyl (C=O) groups excluding carboxylic acids is 1. The zero-order chi connectivity index (χ0) is 19.9. The average Bonchev–Trinajstić information content (AvgIpc) is 3.07. The summed E-state index contributed by atoms with van der Waals surface area (Å²) in [6.45, 7) is 0. The molecule has 0 radical (unpaired) electrons. The molecule has 2 aliphatic rings. The lowest BCUT2D eigenvalue weighted by Crippen LogP contribution is -2.37. The van der Waals surface area contributed by atoms with Gasteiger partial charge >= 0.3 is 0 Å². The first-order chi connectivity index (χ1) is 13.3. The minimum Gasteiger partial charge on any atom is -0.316 e. The lowest BCUT2D eigenvalue weighted by molar-refractivity contribution is -0.117. The van der Waals surface area contributed by atoms with Gasteiger partial charge in [0.15, 0.2) is 15.0 Å². The fraction of sp³-hybridized carbons (Fsp3) is 0.263. The van der Waals surface area contributed by atoms with E-state index >= 15 is 0 Å². The Morgan fingerprint density at radius 1 is 1.21 bits per heavy atom. The third-order valence-electron chi connectivity index (χ3n) is 4.67. The van der Waals surface area contributed by atoms with Crippen molar-refractivity contribution in [2.75, 3.05) is 16.4 Å². The quantitative estimate of drug-likeness (QED) is 0.548. The third kappa shape index (κ3) is 4.24. The third-order valence-corrected chi connectivity index (χ3v) is 8.92. The van der Waals surface area contributed by atoms with Crippen LogP contribution in [0.1, 0.15) is 5.56 Å². The number of carbonyl (C=O) groups is 1. The maximum Gasteiger partial charge on any atom is 0.252 e. The topological polar surface area (TPSA) is 66.8 Å². The highest BCUT2D eigenvalue weighted by molar-refractivity contribution is 14.1. The van der Waals surface area contributed by atoms with Crippen LogP contribution in [-0.4, -0.2) is 42.3 Å². The molecule has 146 valence electrons. The zero-order valence-corrected chi connectivity index (χ0v) is 19.1. The second-order valence-electron chi connectivity index (χ2n) is 6.71. The summed E-state index contributed by atoms with van der Waals surface area (Å²) in [7, 11) is -3.08. The Balaban J connectivity index is 1.66. The molecule has 9 heteroatoms. The van der Waals surface area contributed by atoms with Crippen molar-refractivity contribution in [3.63, 3.8) is 0 Å². The molecule has 2 fully saturated rings. The Hall–Kier alpha value is -1.10. The van der Waals surface area contributed by atoms with E-state index in [9.17, 15) is 13.2 Å². The van der Waals surface area contributed by atoms with Gasteiger partial charge in [-0.15, -0.1) is 0 Å². The van der Waals surface area contributed by atoms with Gasteiger partial charge < -0.3 is 4.90 Å². The van der Waals surface area contributed by atoms with Gasteiger partial charge in [0.25, 0.3) is 5.91 Å². The van der Waals surface area contributed by atoms with Gasteiger partial charge in [0, 0.05) is 19.5 Å². The molecular weight excluding hydrogens is 531 g/mol. The Morgan fingerprint density at radius 2 is 2.00 bits per heavy atom. The minimum absolute atomic E-state index is 0.0772. The summed E-state index contributed by atoms with van der Waals surface area (Å²) < 4.78 is 25.3. The molecule has 0 aromatic heterocycles. The van der Waals surface area contributed by atoms with Gasteiger partial charge in [0.05, 0.1) is 24.0 Å². The van der Waals surface area contributed by atoms with Crippen molar-refractivity contribution in [1.82, 2.24) is 0 Å². The van der Waals surface area contributed by atoms with E-state index in [4.69, 9.17) is 11.6 Å². The molecule has 28 heavy (non-hydrogen) atoms. The number of amides is 1. The molecule has 2 atom stereocenters. The van der Waals surface area contributed by atoms with E-state index < -0.39 is 9.84 Å². The Bertz CT molecular complexity index is 1070. The van der Waals surface area contributed by atoms with E-state index in [0.29, 0.717) is 10.2 Å². The van der Waals surface area contributed by atoms with Crippen molar-refractivity contribution in [3.05, 3.63) is 62.7 Å².